The van der Waals surface area contributed by atoms with Crippen molar-refractivity contribution >= 4 is 5.91 Å². The minimum absolute atomic E-state index is 0.209. The molecule has 1 amide bonds. The smallest absolute Gasteiger partial charge is 0.267 e. The third-order valence-electron chi connectivity index (χ3n) is 4.48. The molecule has 0 atom stereocenters. The van der Waals surface area contributed by atoms with Crippen LogP contribution in [-0.4, -0.2) is 36.5 Å². The Bertz CT molecular complexity index is 1080. The van der Waals surface area contributed by atoms with Crippen LogP contribution in [0.4, 0.5) is 4.39 Å². The SMILES string of the molecule is COc1ccc(CCNC(=O)Cn2nc(-c3ccc(F)cc3)ccc2=O)cc1OC. The molecule has 3 rings (SSSR count). The lowest BCUT2D eigenvalue weighted by molar-refractivity contribution is -0.121. The van der Waals surface area contributed by atoms with Gasteiger partial charge >= 0.3 is 0 Å². The van der Waals surface area contributed by atoms with Crippen LogP contribution in [0, 0.1) is 5.82 Å². The minimum atomic E-state index is -0.393. The van der Waals surface area contributed by atoms with Crippen LogP contribution in [0.15, 0.2) is 59.4 Å². The first-order valence-corrected chi connectivity index (χ1v) is 9.32. The molecular weight excluding hydrogens is 389 g/mol. The van der Waals surface area contributed by atoms with Gasteiger partial charge < -0.3 is 14.8 Å². The molecule has 1 heterocycles. The van der Waals surface area contributed by atoms with E-state index in [0.29, 0.717) is 35.7 Å². The summed E-state index contributed by atoms with van der Waals surface area (Å²) in [5.74, 6) is 0.564. The highest BCUT2D eigenvalue weighted by atomic mass is 19.1. The van der Waals surface area contributed by atoms with Gasteiger partial charge in [-0.3, -0.25) is 9.59 Å². The van der Waals surface area contributed by atoms with Gasteiger partial charge in [-0.25, -0.2) is 9.07 Å². The zero-order valence-corrected chi connectivity index (χ0v) is 16.7. The van der Waals surface area contributed by atoms with E-state index in [-0.39, 0.29) is 18.3 Å². The molecule has 1 aromatic heterocycles. The van der Waals surface area contributed by atoms with Crippen LogP contribution >= 0.6 is 0 Å². The summed E-state index contributed by atoms with van der Waals surface area (Å²) < 4.78 is 24.7. The predicted octanol–water partition coefficient (Wildman–Crippen LogP) is 2.43. The molecule has 2 aromatic carbocycles. The van der Waals surface area contributed by atoms with E-state index in [9.17, 15) is 14.0 Å². The zero-order chi connectivity index (χ0) is 21.5. The molecule has 3 aromatic rings. The van der Waals surface area contributed by atoms with E-state index in [4.69, 9.17) is 9.47 Å². The van der Waals surface area contributed by atoms with E-state index in [1.165, 1.54) is 18.2 Å². The number of nitrogens with one attached hydrogen (secondary N) is 1. The number of carbonyl (C=O) groups is 1. The van der Waals surface area contributed by atoms with E-state index in [2.05, 4.69) is 10.4 Å². The standard InChI is InChI=1S/C22H22FN3O4/c1-29-19-9-3-15(13-20(19)30-2)11-12-24-21(27)14-26-22(28)10-8-18(25-26)16-4-6-17(23)7-5-16/h3-10,13H,11-12,14H2,1-2H3,(H,24,27). The Balaban J connectivity index is 1.60. The van der Waals surface area contributed by atoms with Crippen LogP contribution in [0.2, 0.25) is 0 Å². The van der Waals surface area contributed by atoms with Gasteiger partial charge in [-0.2, -0.15) is 5.10 Å². The quantitative estimate of drug-likeness (QED) is 0.616. The van der Waals surface area contributed by atoms with Gasteiger partial charge in [0.05, 0.1) is 19.9 Å². The Hall–Kier alpha value is -3.68. The second kappa shape index (κ2) is 9.69. The van der Waals surface area contributed by atoms with E-state index in [1.807, 2.05) is 12.1 Å². The Morgan fingerprint density at radius 3 is 2.47 bits per heavy atom. The van der Waals surface area contributed by atoms with Crippen LogP contribution in [0.5, 0.6) is 11.5 Å². The second-order valence-corrected chi connectivity index (χ2v) is 6.51. The van der Waals surface area contributed by atoms with E-state index >= 15 is 0 Å². The number of benzene rings is 2. The van der Waals surface area contributed by atoms with Crippen molar-refractivity contribution in [3.8, 4) is 22.8 Å². The highest BCUT2D eigenvalue weighted by Gasteiger charge is 2.09. The maximum Gasteiger partial charge on any atom is 0.267 e. The molecule has 0 aliphatic heterocycles. The van der Waals surface area contributed by atoms with Gasteiger partial charge in [-0.15, -0.1) is 0 Å². The van der Waals surface area contributed by atoms with Crippen molar-refractivity contribution in [1.29, 1.82) is 0 Å². The highest BCUT2D eigenvalue weighted by Crippen LogP contribution is 2.27. The molecule has 1 N–H and O–H groups in total. The average molecular weight is 411 g/mol. The number of ether oxygens (including phenoxy) is 2. The van der Waals surface area contributed by atoms with Gasteiger partial charge in [0.25, 0.3) is 5.56 Å². The minimum Gasteiger partial charge on any atom is -0.493 e. The van der Waals surface area contributed by atoms with Gasteiger partial charge in [0, 0.05) is 18.2 Å². The molecule has 7 nitrogen and oxygen atoms in total. The molecule has 0 bridgehead atoms. The van der Waals surface area contributed by atoms with Crippen molar-refractivity contribution in [2.75, 3.05) is 20.8 Å². The van der Waals surface area contributed by atoms with E-state index in [1.54, 1.807) is 38.5 Å². The van der Waals surface area contributed by atoms with Crippen molar-refractivity contribution in [2.24, 2.45) is 0 Å². The van der Waals surface area contributed by atoms with Crippen LogP contribution in [0.25, 0.3) is 11.3 Å². The molecule has 0 aliphatic carbocycles. The summed E-state index contributed by atoms with van der Waals surface area (Å²) in [6, 6.07) is 14.2. The van der Waals surface area contributed by atoms with E-state index < -0.39 is 5.56 Å². The van der Waals surface area contributed by atoms with Crippen LogP contribution in [0.3, 0.4) is 0 Å². The zero-order valence-electron chi connectivity index (χ0n) is 16.7. The molecule has 0 radical (unpaired) electrons. The third kappa shape index (κ3) is 5.22. The molecule has 156 valence electrons. The number of hydrogen-bond acceptors (Lipinski definition) is 5. The highest BCUT2D eigenvalue weighted by molar-refractivity contribution is 5.75. The topological polar surface area (TPSA) is 82.5 Å². The summed E-state index contributed by atoms with van der Waals surface area (Å²) in [5.41, 5.74) is 1.71. The number of rotatable bonds is 8. The first-order chi connectivity index (χ1) is 14.5. The van der Waals surface area contributed by atoms with Gasteiger partial charge in [0.15, 0.2) is 11.5 Å². The van der Waals surface area contributed by atoms with Gasteiger partial charge in [-0.05, 0) is 54.4 Å². The summed E-state index contributed by atoms with van der Waals surface area (Å²) in [6.07, 6.45) is 0.587. The summed E-state index contributed by atoms with van der Waals surface area (Å²) in [7, 11) is 3.13. The van der Waals surface area contributed by atoms with Crippen LogP contribution < -0.4 is 20.3 Å². The normalized spacial score (nSPS) is 10.5. The summed E-state index contributed by atoms with van der Waals surface area (Å²) in [4.78, 5) is 24.3. The molecule has 0 unspecified atom stereocenters. The second-order valence-electron chi connectivity index (χ2n) is 6.51. The largest absolute Gasteiger partial charge is 0.493 e. The molecule has 30 heavy (non-hydrogen) atoms. The molecule has 8 heteroatoms. The number of nitrogens with zero attached hydrogens (tertiary/aromatic N) is 2. The fraction of sp³-hybridized carbons (Fsp3) is 0.227. The number of carbonyl (C=O) groups excluding carboxylic acids is 1. The first-order valence-electron chi connectivity index (χ1n) is 9.32. The maximum atomic E-state index is 13.1. The van der Waals surface area contributed by atoms with Crippen molar-refractivity contribution in [3.05, 3.63) is 76.3 Å². The fourth-order valence-electron chi connectivity index (χ4n) is 2.91. The van der Waals surface area contributed by atoms with Crippen molar-refractivity contribution in [1.82, 2.24) is 15.1 Å². The molecule has 0 aliphatic rings. The summed E-state index contributed by atoms with van der Waals surface area (Å²) in [5, 5.41) is 6.99. The number of hydrogen-bond donors (Lipinski definition) is 1. The number of halogens is 1. The summed E-state index contributed by atoms with van der Waals surface area (Å²) >= 11 is 0. The van der Waals surface area contributed by atoms with Gasteiger partial charge in [0.2, 0.25) is 5.91 Å². The Morgan fingerprint density at radius 1 is 1.03 bits per heavy atom. The van der Waals surface area contributed by atoms with E-state index in [0.717, 1.165) is 10.2 Å². The molecule has 0 saturated carbocycles. The lowest BCUT2D eigenvalue weighted by Gasteiger charge is -2.11. The van der Waals surface area contributed by atoms with Gasteiger partial charge in [-0.1, -0.05) is 6.07 Å². The third-order valence-corrected chi connectivity index (χ3v) is 4.48. The molecule has 0 fully saturated rings. The van der Waals surface area contributed by atoms with Crippen molar-refractivity contribution in [2.45, 2.75) is 13.0 Å². The van der Waals surface area contributed by atoms with Crippen molar-refractivity contribution < 1.29 is 18.7 Å². The first kappa shape index (κ1) is 21.0. The van der Waals surface area contributed by atoms with Crippen molar-refractivity contribution in [3.63, 3.8) is 0 Å². The van der Waals surface area contributed by atoms with Gasteiger partial charge in [0.1, 0.15) is 12.4 Å². The number of methoxy groups -OCH3 is 2. The van der Waals surface area contributed by atoms with Crippen LogP contribution in [-0.2, 0) is 17.8 Å². The predicted molar refractivity (Wildman–Crippen MR) is 110 cm³/mol. The van der Waals surface area contributed by atoms with Crippen LogP contribution in [0.1, 0.15) is 5.56 Å². The Labute approximate surface area is 173 Å². The Kier molecular flexibility index (Phi) is 6.79. The lowest BCUT2D eigenvalue weighted by Crippen LogP contribution is -2.34. The summed E-state index contributed by atoms with van der Waals surface area (Å²) in [6.45, 7) is 0.181. The molecular formula is C22H22FN3O4. The average Bonchev–Trinajstić information content (AvgIpc) is 2.75. The number of aromatic nitrogens is 2. The lowest BCUT2D eigenvalue weighted by atomic mass is 10.1. The fourth-order valence-corrected chi connectivity index (χ4v) is 2.91. The Morgan fingerprint density at radius 2 is 1.77 bits per heavy atom. The number of amides is 1. The maximum absolute atomic E-state index is 13.1. The molecule has 0 spiro atoms. The molecule has 0 saturated heterocycles. The monoisotopic (exact) mass is 411 g/mol.